The first-order chi connectivity index (χ1) is 12.9. The molecule has 1 saturated carbocycles. The molecule has 1 aliphatic heterocycles. The van der Waals surface area contributed by atoms with Crippen LogP contribution in [0.2, 0.25) is 0 Å². The van der Waals surface area contributed by atoms with Gasteiger partial charge in [-0.1, -0.05) is 72.2 Å². The highest BCUT2D eigenvalue weighted by Crippen LogP contribution is 2.43. The summed E-state index contributed by atoms with van der Waals surface area (Å²) in [5.74, 6) is 0.00785. The molecule has 1 aliphatic carbocycles. The summed E-state index contributed by atoms with van der Waals surface area (Å²) >= 11 is 3.77. The van der Waals surface area contributed by atoms with Gasteiger partial charge in [0.15, 0.2) is 0 Å². The third-order valence-corrected chi connectivity index (χ3v) is 5.95. The van der Waals surface area contributed by atoms with E-state index in [1.165, 1.54) is 0 Å². The first-order valence-electron chi connectivity index (χ1n) is 9.31. The van der Waals surface area contributed by atoms with Crippen LogP contribution in [-0.2, 0) is 4.79 Å². The number of benzene rings is 2. The van der Waals surface area contributed by atoms with Crippen molar-refractivity contribution in [2.75, 3.05) is 5.32 Å². The van der Waals surface area contributed by atoms with Gasteiger partial charge in [-0.15, -0.1) is 0 Å². The minimum Gasteiger partial charge on any atom is -0.375 e. The Morgan fingerprint density at radius 1 is 1.11 bits per heavy atom. The molecule has 0 amide bonds. The van der Waals surface area contributed by atoms with Crippen LogP contribution in [-0.4, -0.2) is 17.5 Å². The zero-order valence-electron chi connectivity index (χ0n) is 15.6. The molecule has 1 N–H and O–H groups in total. The maximum atomic E-state index is 13.1. The van der Waals surface area contributed by atoms with E-state index in [4.69, 9.17) is 4.99 Å². The van der Waals surface area contributed by atoms with Gasteiger partial charge in [-0.05, 0) is 35.6 Å². The van der Waals surface area contributed by atoms with Crippen LogP contribution in [0.5, 0.6) is 0 Å². The van der Waals surface area contributed by atoms with Crippen molar-refractivity contribution >= 4 is 44.9 Å². The van der Waals surface area contributed by atoms with Crippen molar-refractivity contribution in [1.82, 2.24) is 0 Å². The molecule has 2 aromatic carbocycles. The van der Waals surface area contributed by atoms with E-state index >= 15 is 0 Å². The van der Waals surface area contributed by atoms with Crippen LogP contribution in [0.3, 0.4) is 0 Å². The van der Waals surface area contributed by atoms with E-state index in [0.717, 1.165) is 33.6 Å². The number of carbonyl (C=O) groups is 1. The fraction of sp³-hybridized carbons (Fsp3) is 0.304. The maximum absolute atomic E-state index is 13.1. The highest BCUT2D eigenvalue weighted by atomic mass is 79.9. The van der Waals surface area contributed by atoms with Gasteiger partial charge in [0.05, 0.1) is 23.3 Å². The normalized spacial score (nSPS) is 24.2. The standard InChI is InChI=1S/C23H23BrN2O/c1-23(2)13-19-21(20(27)14-23)22(16(24)12-15-8-4-3-5-9-15)26-18-11-7-6-10-17(18)25-19/h3-12,21-22,26H,13-14H2,1-2H3/b16-12-. The van der Waals surface area contributed by atoms with Crippen molar-refractivity contribution in [1.29, 1.82) is 0 Å². The summed E-state index contributed by atoms with van der Waals surface area (Å²) in [7, 11) is 0. The Labute approximate surface area is 168 Å². The molecule has 3 nitrogen and oxygen atoms in total. The fourth-order valence-electron chi connectivity index (χ4n) is 4.04. The molecule has 1 fully saturated rings. The summed E-state index contributed by atoms with van der Waals surface area (Å²) in [5.41, 5.74) is 3.91. The van der Waals surface area contributed by atoms with Crippen LogP contribution in [0, 0.1) is 11.3 Å². The molecule has 1 heterocycles. The molecule has 27 heavy (non-hydrogen) atoms. The summed E-state index contributed by atoms with van der Waals surface area (Å²) in [6, 6.07) is 18.0. The first kappa shape index (κ1) is 18.2. The van der Waals surface area contributed by atoms with Gasteiger partial charge in [0.1, 0.15) is 5.78 Å². The number of anilines is 1. The SMILES string of the molecule is CC1(C)CC(=O)C2C(=Nc3ccccc3NC2/C(Br)=C/c2ccccc2)C1. The number of Topliss-reactive ketones (excluding diaryl/α,β-unsaturated/α-hetero) is 1. The lowest BCUT2D eigenvalue weighted by atomic mass is 9.69. The van der Waals surface area contributed by atoms with E-state index in [9.17, 15) is 4.79 Å². The van der Waals surface area contributed by atoms with Gasteiger partial charge >= 0.3 is 0 Å². The van der Waals surface area contributed by atoms with E-state index in [1.807, 2.05) is 42.5 Å². The van der Waals surface area contributed by atoms with Crippen LogP contribution in [0.15, 0.2) is 64.1 Å². The van der Waals surface area contributed by atoms with Gasteiger partial charge in [0, 0.05) is 16.6 Å². The van der Waals surface area contributed by atoms with E-state index in [1.54, 1.807) is 0 Å². The number of rotatable bonds is 2. The molecule has 4 heteroatoms. The number of aliphatic imine (C=N–C) groups is 1. The minimum absolute atomic E-state index is 0.0497. The lowest BCUT2D eigenvalue weighted by Gasteiger charge is -2.37. The molecular formula is C23H23BrN2O. The lowest BCUT2D eigenvalue weighted by molar-refractivity contribution is -0.123. The smallest absolute Gasteiger partial charge is 0.144 e. The van der Waals surface area contributed by atoms with E-state index in [0.29, 0.717) is 6.42 Å². The molecule has 2 atom stereocenters. The van der Waals surface area contributed by atoms with E-state index in [-0.39, 0.29) is 23.2 Å². The van der Waals surface area contributed by atoms with Crippen molar-refractivity contribution in [3.8, 4) is 0 Å². The van der Waals surface area contributed by atoms with Crippen LogP contribution in [0.4, 0.5) is 11.4 Å². The zero-order chi connectivity index (χ0) is 19.0. The number of para-hydroxylation sites is 2. The van der Waals surface area contributed by atoms with Gasteiger partial charge < -0.3 is 5.32 Å². The second kappa shape index (κ2) is 7.08. The third kappa shape index (κ3) is 3.77. The van der Waals surface area contributed by atoms with Crippen LogP contribution >= 0.6 is 15.9 Å². The lowest BCUT2D eigenvalue weighted by Crippen LogP contribution is -2.46. The van der Waals surface area contributed by atoms with Gasteiger partial charge in [0.2, 0.25) is 0 Å². The number of nitrogens with one attached hydrogen (secondary N) is 1. The second-order valence-electron chi connectivity index (χ2n) is 8.14. The van der Waals surface area contributed by atoms with Crippen LogP contribution in [0.1, 0.15) is 32.3 Å². The summed E-state index contributed by atoms with van der Waals surface area (Å²) < 4.78 is 0.969. The zero-order valence-corrected chi connectivity index (χ0v) is 17.2. The molecule has 2 unspecified atom stereocenters. The Kier molecular flexibility index (Phi) is 4.77. The van der Waals surface area contributed by atoms with Gasteiger partial charge in [-0.2, -0.15) is 0 Å². The van der Waals surface area contributed by atoms with Crippen LogP contribution < -0.4 is 5.32 Å². The van der Waals surface area contributed by atoms with Crippen molar-refractivity contribution in [2.24, 2.45) is 16.3 Å². The average Bonchev–Trinajstić information content (AvgIpc) is 2.78. The van der Waals surface area contributed by atoms with Crippen molar-refractivity contribution in [3.05, 3.63) is 64.6 Å². The summed E-state index contributed by atoms with van der Waals surface area (Å²) in [6.45, 7) is 4.30. The summed E-state index contributed by atoms with van der Waals surface area (Å²) in [5, 5.41) is 3.59. The molecule has 4 rings (SSSR count). The molecule has 0 saturated heterocycles. The third-order valence-electron chi connectivity index (χ3n) is 5.23. The molecule has 0 aromatic heterocycles. The summed E-state index contributed by atoms with van der Waals surface area (Å²) in [4.78, 5) is 18.1. The second-order valence-corrected chi connectivity index (χ2v) is 9.06. The first-order valence-corrected chi connectivity index (χ1v) is 10.1. The number of ketones is 1. The molecule has 0 radical (unpaired) electrons. The average molecular weight is 423 g/mol. The molecule has 138 valence electrons. The van der Waals surface area contributed by atoms with Gasteiger partial charge in [0.25, 0.3) is 0 Å². The topological polar surface area (TPSA) is 41.5 Å². The van der Waals surface area contributed by atoms with Gasteiger partial charge in [-0.3, -0.25) is 9.79 Å². The monoisotopic (exact) mass is 422 g/mol. The van der Waals surface area contributed by atoms with Gasteiger partial charge in [-0.25, -0.2) is 0 Å². The quantitative estimate of drug-likeness (QED) is 0.644. The van der Waals surface area contributed by atoms with E-state index < -0.39 is 0 Å². The Bertz CT molecular complexity index is 930. The molecule has 2 aromatic rings. The Hall–Kier alpha value is -2.20. The molecular weight excluding hydrogens is 400 g/mol. The number of nitrogens with zero attached hydrogens (tertiary/aromatic N) is 1. The number of halogens is 1. The Morgan fingerprint density at radius 3 is 2.59 bits per heavy atom. The highest BCUT2D eigenvalue weighted by Gasteiger charge is 2.44. The largest absolute Gasteiger partial charge is 0.375 e. The fourth-order valence-corrected chi connectivity index (χ4v) is 4.69. The predicted molar refractivity (Wildman–Crippen MR) is 116 cm³/mol. The minimum atomic E-state index is -0.250. The number of fused-ring (bicyclic) bond motifs is 2. The Balaban J connectivity index is 1.80. The molecule has 2 aliphatic rings. The van der Waals surface area contributed by atoms with E-state index in [2.05, 4.69) is 53.3 Å². The van der Waals surface area contributed by atoms with Crippen molar-refractivity contribution in [3.63, 3.8) is 0 Å². The van der Waals surface area contributed by atoms with Crippen molar-refractivity contribution < 1.29 is 4.79 Å². The number of carbonyl (C=O) groups excluding carboxylic acids is 1. The Morgan fingerprint density at radius 2 is 1.81 bits per heavy atom. The number of hydrogen-bond donors (Lipinski definition) is 1. The summed E-state index contributed by atoms with van der Waals surface area (Å²) in [6.07, 6.45) is 3.51. The highest BCUT2D eigenvalue weighted by molar-refractivity contribution is 9.11. The van der Waals surface area contributed by atoms with Crippen LogP contribution in [0.25, 0.3) is 6.08 Å². The number of hydrogen-bond acceptors (Lipinski definition) is 3. The predicted octanol–water partition coefficient (Wildman–Crippen LogP) is 5.99. The maximum Gasteiger partial charge on any atom is 0.144 e. The van der Waals surface area contributed by atoms with Crippen molar-refractivity contribution in [2.45, 2.75) is 32.7 Å². The molecule has 0 spiro atoms. The molecule has 0 bridgehead atoms.